The Hall–Kier alpha value is -2.28. The third-order valence-corrected chi connectivity index (χ3v) is 3.82. The minimum Gasteiger partial charge on any atom is -0.491 e. The standard InChI is InChI=1S/C17H19BrN2O4/c1-3-23-17(22)13-10-14(15(20-13)16(21)19-2)24-9-8-11-4-6-12(18)7-5-11/h4-7,10,20H,3,8-9H2,1-2H3,(H,19,21). The van der Waals surface area contributed by atoms with E-state index >= 15 is 0 Å². The van der Waals surface area contributed by atoms with E-state index in [-0.39, 0.29) is 23.9 Å². The molecule has 0 fully saturated rings. The van der Waals surface area contributed by atoms with Crippen molar-refractivity contribution in [2.45, 2.75) is 13.3 Å². The highest BCUT2D eigenvalue weighted by Gasteiger charge is 2.20. The number of amides is 1. The molecule has 0 radical (unpaired) electrons. The molecular weight excluding hydrogens is 376 g/mol. The van der Waals surface area contributed by atoms with Crippen molar-refractivity contribution in [3.8, 4) is 5.75 Å². The summed E-state index contributed by atoms with van der Waals surface area (Å²) in [5.74, 6) is -0.552. The number of H-pyrrole nitrogens is 1. The number of benzene rings is 1. The van der Waals surface area contributed by atoms with E-state index in [0.717, 1.165) is 10.0 Å². The molecule has 1 amide bonds. The molecule has 2 rings (SSSR count). The van der Waals surface area contributed by atoms with Gasteiger partial charge >= 0.3 is 5.97 Å². The Morgan fingerprint density at radius 2 is 1.96 bits per heavy atom. The zero-order valence-electron chi connectivity index (χ0n) is 13.5. The van der Waals surface area contributed by atoms with Gasteiger partial charge in [0.05, 0.1) is 13.2 Å². The van der Waals surface area contributed by atoms with Crippen LogP contribution in [0, 0.1) is 0 Å². The van der Waals surface area contributed by atoms with Crippen LogP contribution in [0.15, 0.2) is 34.8 Å². The molecule has 0 bridgehead atoms. The monoisotopic (exact) mass is 394 g/mol. The molecule has 0 saturated heterocycles. The van der Waals surface area contributed by atoms with Gasteiger partial charge in [0.2, 0.25) is 0 Å². The number of carbonyl (C=O) groups excluding carboxylic acids is 2. The van der Waals surface area contributed by atoms with Crippen molar-refractivity contribution in [1.29, 1.82) is 0 Å². The number of esters is 1. The maximum atomic E-state index is 11.9. The molecule has 2 N–H and O–H groups in total. The van der Waals surface area contributed by atoms with Crippen LogP contribution in [0.4, 0.5) is 0 Å². The molecule has 0 unspecified atom stereocenters. The fraction of sp³-hybridized carbons (Fsp3) is 0.294. The predicted molar refractivity (Wildman–Crippen MR) is 93.5 cm³/mol. The van der Waals surface area contributed by atoms with Gasteiger partial charge in [-0.1, -0.05) is 28.1 Å². The highest BCUT2D eigenvalue weighted by molar-refractivity contribution is 9.10. The van der Waals surface area contributed by atoms with Crippen molar-refractivity contribution >= 4 is 27.8 Å². The lowest BCUT2D eigenvalue weighted by molar-refractivity contribution is 0.0520. The first-order chi connectivity index (χ1) is 11.5. The normalized spacial score (nSPS) is 10.3. The van der Waals surface area contributed by atoms with Crippen molar-refractivity contribution in [3.05, 3.63) is 51.8 Å². The average molecular weight is 395 g/mol. The second-order valence-electron chi connectivity index (χ2n) is 4.95. The molecule has 6 nitrogen and oxygen atoms in total. The number of hydrogen-bond donors (Lipinski definition) is 2. The summed E-state index contributed by atoms with van der Waals surface area (Å²) in [5, 5.41) is 2.51. The van der Waals surface area contributed by atoms with Crippen molar-refractivity contribution < 1.29 is 19.1 Å². The van der Waals surface area contributed by atoms with Gasteiger partial charge in [0.1, 0.15) is 11.4 Å². The maximum Gasteiger partial charge on any atom is 0.354 e. The molecule has 0 saturated carbocycles. The van der Waals surface area contributed by atoms with Gasteiger partial charge in [0, 0.05) is 24.0 Å². The van der Waals surface area contributed by atoms with Crippen LogP contribution in [0.2, 0.25) is 0 Å². The van der Waals surface area contributed by atoms with Crippen molar-refractivity contribution in [1.82, 2.24) is 10.3 Å². The number of hydrogen-bond acceptors (Lipinski definition) is 4. The molecule has 0 aliphatic heterocycles. The topological polar surface area (TPSA) is 80.4 Å². The van der Waals surface area contributed by atoms with Crippen LogP contribution in [0.1, 0.15) is 33.5 Å². The van der Waals surface area contributed by atoms with Crippen LogP contribution in [0.3, 0.4) is 0 Å². The summed E-state index contributed by atoms with van der Waals surface area (Å²) < 4.78 is 11.6. The summed E-state index contributed by atoms with van der Waals surface area (Å²) in [5.41, 5.74) is 1.51. The Morgan fingerprint density at radius 1 is 1.25 bits per heavy atom. The van der Waals surface area contributed by atoms with Gasteiger partial charge in [-0.2, -0.15) is 0 Å². The Labute approximate surface area is 148 Å². The second-order valence-corrected chi connectivity index (χ2v) is 5.86. The lowest BCUT2D eigenvalue weighted by atomic mass is 10.2. The van der Waals surface area contributed by atoms with E-state index in [2.05, 4.69) is 26.2 Å². The van der Waals surface area contributed by atoms with Gasteiger partial charge in [-0.3, -0.25) is 4.79 Å². The third kappa shape index (κ3) is 4.61. The Bertz CT molecular complexity index is 710. The van der Waals surface area contributed by atoms with E-state index in [0.29, 0.717) is 18.8 Å². The summed E-state index contributed by atoms with van der Waals surface area (Å²) in [4.78, 5) is 26.5. The molecule has 1 heterocycles. The molecule has 1 aromatic heterocycles. The van der Waals surface area contributed by atoms with Crippen LogP contribution < -0.4 is 10.1 Å². The van der Waals surface area contributed by atoms with Crippen molar-refractivity contribution in [3.63, 3.8) is 0 Å². The highest BCUT2D eigenvalue weighted by Crippen LogP contribution is 2.21. The number of halogens is 1. The maximum absolute atomic E-state index is 11.9. The van der Waals surface area contributed by atoms with Gasteiger partial charge in [-0.15, -0.1) is 0 Å². The summed E-state index contributed by atoms with van der Waals surface area (Å²) in [6.07, 6.45) is 0.681. The number of aromatic nitrogens is 1. The highest BCUT2D eigenvalue weighted by atomic mass is 79.9. The summed E-state index contributed by atoms with van der Waals surface area (Å²) in [6, 6.07) is 9.40. The number of carbonyl (C=O) groups is 2. The molecule has 0 spiro atoms. The van der Waals surface area contributed by atoms with Gasteiger partial charge < -0.3 is 19.8 Å². The largest absolute Gasteiger partial charge is 0.491 e. The Kier molecular flexibility index (Phi) is 6.43. The first kappa shape index (κ1) is 18.1. The Balaban J connectivity index is 2.08. The number of ether oxygens (including phenoxy) is 2. The SMILES string of the molecule is CCOC(=O)c1cc(OCCc2ccc(Br)cc2)c(C(=O)NC)[nH]1. The molecule has 24 heavy (non-hydrogen) atoms. The van der Waals surface area contributed by atoms with Crippen LogP contribution in [-0.2, 0) is 11.2 Å². The van der Waals surface area contributed by atoms with Crippen molar-refractivity contribution in [2.75, 3.05) is 20.3 Å². The average Bonchev–Trinajstić information content (AvgIpc) is 3.00. The number of aromatic amines is 1. The van der Waals surface area contributed by atoms with E-state index in [1.54, 1.807) is 6.92 Å². The molecule has 0 aliphatic rings. The predicted octanol–water partition coefficient (Wildman–Crippen LogP) is 2.94. The zero-order valence-corrected chi connectivity index (χ0v) is 15.1. The molecule has 128 valence electrons. The first-order valence-electron chi connectivity index (χ1n) is 7.54. The van der Waals surface area contributed by atoms with Crippen LogP contribution >= 0.6 is 15.9 Å². The third-order valence-electron chi connectivity index (χ3n) is 3.29. The molecular formula is C17H19BrN2O4. The van der Waals surface area contributed by atoms with E-state index in [1.165, 1.54) is 13.1 Å². The van der Waals surface area contributed by atoms with Crippen LogP contribution in [0.25, 0.3) is 0 Å². The van der Waals surface area contributed by atoms with Crippen LogP contribution in [0.5, 0.6) is 5.75 Å². The van der Waals surface area contributed by atoms with Gasteiger partial charge in [-0.25, -0.2) is 4.79 Å². The van der Waals surface area contributed by atoms with Crippen molar-refractivity contribution in [2.24, 2.45) is 0 Å². The van der Waals surface area contributed by atoms with E-state index in [9.17, 15) is 9.59 Å². The number of rotatable bonds is 7. The second kappa shape index (κ2) is 8.54. The van der Waals surface area contributed by atoms with Gasteiger partial charge in [0.25, 0.3) is 5.91 Å². The van der Waals surface area contributed by atoms with Gasteiger partial charge in [0.15, 0.2) is 5.75 Å². The molecule has 2 aromatic rings. The Morgan fingerprint density at radius 3 is 2.58 bits per heavy atom. The molecule has 7 heteroatoms. The summed E-state index contributed by atoms with van der Waals surface area (Å²) in [7, 11) is 1.51. The first-order valence-corrected chi connectivity index (χ1v) is 8.34. The van der Waals surface area contributed by atoms with E-state index < -0.39 is 5.97 Å². The minimum atomic E-state index is -0.523. The van der Waals surface area contributed by atoms with E-state index in [4.69, 9.17) is 9.47 Å². The fourth-order valence-electron chi connectivity index (χ4n) is 2.09. The quantitative estimate of drug-likeness (QED) is 0.707. The molecule has 0 atom stereocenters. The molecule has 1 aromatic carbocycles. The van der Waals surface area contributed by atoms with Crippen LogP contribution in [-0.4, -0.2) is 37.1 Å². The lowest BCUT2D eigenvalue weighted by Crippen LogP contribution is -2.19. The minimum absolute atomic E-state index is 0.189. The zero-order chi connectivity index (χ0) is 17.5. The van der Waals surface area contributed by atoms with E-state index in [1.807, 2.05) is 24.3 Å². The van der Waals surface area contributed by atoms with Gasteiger partial charge in [-0.05, 0) is 24.6 Å². The fourth-order valence-corrected chi connectivity index (χ4v) is 2.36. The smallest absolute Gasteiger partial charge is 0.354 e. The molecule has 0 aliphatic carbocycles. The number of nitrogens with one attached hydrogen (secondary N) is 2. The summed E-state index contributed by atoms with van der Waals surface area (Å²) in [6.45, 7) is 2.36. The summed E-state index contributed by atoms with van der Waals surface area (Å²) >= 11 is 3.39. The lowest BCUT2D eigenvalue weighted by Gasteiger charge is -2.06.